The maximum atomic E-state index is 11.7. The van der Waals surface area contributed by atoms with Crippen LogP contribution in [0.3, 0.4) is 0 Å². The number of carbonyl (C=O) groups is 1. The van der Waals surface area contributed by atoms with Gasteiger partial charge in [0.25, 0.3) is 11.2 Å². The fraction of sp³-hybridized carbons (Fsp3) is 0.0769. The Morgan fingerprint density at radius 3 is 2.67 bits per heavy atom. The average Bonchev–Trinajstić information content (AvgIpc) is 2.42. The predicted molar refractivity (Wildman–Crippen MR) is 77.6 cm³/mol. The van der Waals surface area contributed by atoms with Crippen molar-refractivity contribution in [3.63, 3.8) is 0 Å². The largest absolute Gasteiger partial charge is 0.477 e. The highest BCUT2D eigenvalue weighted by Gasteiger charge is 2.23. The second kappa shape index (κ2) is 5.88. The van der Waals surface area contributed by atoms with E-state index in [2.05, 4.69) is 15.9 Å². The minimum Gasteiger partial charge on any atom is -0.477 e. The zero-order valence-electron chi connectivity index (χ0n) is 10.5. The molecule has 1 N–H and O–H groups in total. The topological polar surface area (TPSA) is 102 Å². The number of aromatic carboxylic acids is 1. The first kappa shape index (κ1) is 14.9. The summed E-state index contributed by atoms with van der Waals surface area (Å²) < 4.78 is 1.92. The number of nitrogens with zero attached hydrogens (tertiary/aromatic N) is 2. The van der Waals surface area contributed by atoms with Crippen molar-refractivity contribution in [2.45, 2.75) is 6.54 Å². The lowest BCUT2D eigenvalue weighted by atomic mass is 10.1. The molecule has 0 fully saturated rings. The van der Waals surface area contributed by atoms with E-state index in [1.54, 1.807) is 6.07 Å². The van der Waals surface area contributed by atoms with E-state index in [0.29, 0.717) is 4.47 Å². The molecule has 21 heavy (non-hydrogen) atoms. The van der Waals surface area contributed by atoms with Crippen molar-refractivity contribution in [2.24, 2.45) is 0 Å². The Balaban J connectivity index is 2.57. The van der Waals surface area contributed by atoms with Gasteiger partial charge in [-0.3, -0.25) is 14.9 Å². The Morgan fingerprint density at radius 1 is 1.33 bits per heavy atom. The Hall–Kier alpha value is -2.48. The molecule has 0 atom stereocenters. The lowest BCUT2D eigenvalue weighted by Gasteiger charge is -2.09. The third-order valence-corrected chi connectivity index (χ3v) is 3.30. The molecule has 108 valence electrons. The van der Waals surface area contributed by atoms with E-state index in [9.17, 15) is 24.8 Å². The van der Waals surface area contributed by atoms with Gasteiger partial charge in [0.2, 0.25) is 0 Å². The van der Waals surface area contributed by atoms with Crippen molar-refractivity contribution in [3.8, 4) is 0 Å². The van der Waals surface area contributed by atoms with Gasteiger partial charge in [0.1, 0.15) is 5.56 Å². The van der Waals surface area contributed by atoms with Crippen LogP contribution in [0, 0.1) is 10.1 Å². The second-order valence-corrected chi connectivity index (χ2v) is 5.10. The van der Waals surface area contributed by atoms with Crippen LogP contribution in [-0.2, 0) is 6.54 Å². The molecule has 1 aromatic carbocycles. The lowest BCUT2D eigenvalue weighted by molar-refractivity contribution is -0.385. The maximum absolute atomic E-state index is 11.7. The summed E-state index contributed by atoms with van der Waals surface area (Å²) in [4.78, 5) is 33.2. The number of aromatic nitrogens is 1. The summed E-state index contributed by atoms with van der Waals surface area (Å²) in [6.45, 7) is -0.0679. The molecule has 0 aliphatic carbocycles. The summed E-state index contributed by atoms with van der Waals surface area (Å²) >= 11 is 3.21. The summed E-state index contributed by atoms with van der Waals surface area (Å²) in [7, 11) is 0. The second-order valence-electron chi connectivity index (χ2n) is 4.19. The fourth-order valence-corrected chi connectivity index (χ4v) is 2.31. The number of benzene rings is 1. The van der Waals surface area contributed by atoms with Crippen LogP contribution >= 0.6 is 15.9 Å². The minimum absolute atomic E-state index is 0.0679. The summed E-state index contributed by atoms with van der Waals surface area (Å²) in [6, 6.07) is 6.84. The van der Waals surface area contributed by atoms with Crippen molar-refractivity contribution < 1.29 is 14.8 Å². The molecule has 2 aromatic rings. The molecule has 0 spiro atoms. The number of halogens is 1. The van der Waals surface area contributed by atoms with Gasteiger partial charge in [-0.1, -0.05) is 12.1 Å². The van der Waals surface area contributed by atoms with E-state index >= 15 is 0 Å². The molecule has 1 aromatic heterocycles. The molecule has 0 bridgehead atoms. The van der Waals surface area contributed by atoms with Gasteiger partial charge in [-0.25, -0.2) is 4.79 Å². The molecule has 0 aliphatic rings. The van der Waals surface area contributed by atoms with Gasteiger partial charge < -0.3 is 9.67 Å². The normalized spacial score (nSPS) is 10.3. The van der Waals surface area contributed by atoms with Crippen molar-refractivity contribution in [1.82, 2.24) is 4.57 Å². The lowest BCUT2D eigenvalue weighted by Crippen LogP contribution is -2.20. The number of nitro groups is 1. The van der Waals surface area contributed by atoms with Crippen LogP contribution in [-0.4, -0.2) is 20.6 Å². The summed E-state index contributed by atoms with van der Waals surface area (Å²) in [6.07, 6.45) is 1.49. The first-order chi connectivity index (χ1) is 9.90. The van der Waals surface area contributed by atoms with Crippen LogP contribution in [0.15, 0.2) is 45.8 Å². The Kier molecular flexibility index (Phi) is 4.18. The zero-order chi connectivity index (χ0) is 15.6. The number of rotatable bonds is 4. The SMILES string of the molecule is O=C(O)c1c(Cn2cc(Br)ccc2=O)cccc1[N+](=O)[O-]. The molecule has 8 heteroatoms. The Labute approximate surface area is 126 Å². The summed E-state index contributed by atoms with van der Waals surface area (Å²) in [5.41, 5.74) is -1.05. The molecule has 0 unspecified atom stereocenters. The number of pyridine rings is 1. The highest BCUT2D eigenvalue weighted by atomic mass is 79.9. The van der Waals surface area contributed by atoms with Crippen molar-refractivity contribution in [3.05, 3.63) is 72.6 Å². The molecular formula is C13H9BrN2O5. The van der Waals surface area contributed by atoms with Crippen molar-refractivity contribution >= 4 is 27.6 Å². The number of hydrogen-bond acceptors (Lipinski definition) is 4. The fourth-order valence-electron chi connectivity index (χ4n) is 1.93. The van der Waals surface area contributed by atoms with E-state index < -0.39 is 22.1 Å². The van der Waals surface area contributed by atoms with E-state index in [1.807, 2.05) is 0 Å². The first-order valence-corrected chi connectivity index (χ1v) is 6.55. The number of hydrogen-bond donors (Lipinski definition) is 1. The quantitative estimate of drug-likeness (QED) is 0.671. The smallest absolute Gasteiger partial charge is 0.343 e. The van der Waals surface area contributed by atoms with E-state index in [1.165, 1.54) is 29.0 Å². The van der Waals surface area contributed by atoms with Gasteiger partial charge in [-0.05, 0) is 27.6 Å². The first-order valence-electron chi connectivity index (χ1n) is 5.75. The van der Waals surface area contributed by atoms with E-state index in [-0.39, 0.29) is 17.7 Å². The van der Waals surface area contributed by atoms with Crippen LogP contribution < -0.4 is 5.56 Å². The number of carboxylic acid groups (broad SMARTS) is 1. The van der Waals surface area contributed by atoms with E-state index in [0.717, 1.165) is 6.07 Å². The Morgan fingerprint density at radius 2 is 2.05 bits per heavy atom. The standard InChI is InChI=1S/C13H9BrN2O5/c14-9-4-5-11(17)15(7-9)6-8-2-1-3-10(16(20)21)12(8)13(18)19/h1-5,7H,6H2,(H,18,19). The average molecular weight is 353 g/mol. The molecule has 0 saturated heterocycles. The van der Waals surface area contributed by atoms with Crippen LogP contribution in [0.5, 0.6) is 0 Å². The third kappa shape index (κ3) is 3.16. The summed E-state index contributed by atoms with van der Waals surface area (Å²) in [5, 5.41) is 20.1. The van der Waals surface area contributed by atoms with Crippen molar-refractivity contribution in [2.75, 3.05) is 0 Å². The van der Waals surface area contributed by atoms with Gasteiger partial charge in [-0.15, -0.1) is 0 Å². The molecule has 0 amide bonds. The Bertz CT molecular complexity index is 784. The van der Waals surface area contributed by atoms with Gasteiger partial charge in [-0.2, -0.15) is 0 Å². The number of nitro benzene ring substituents is 1. The van der Waals surface area contributed by atoms with Gasteiger partial charge in [0.15, 0.2) is 0 Å². The monoisotopic (exact) mass is 352 g/mol. The van der Waals surface area contributed by atoms with Gasteiger partial charge in [0, 0.05) is 22.8 Å². The van der Waals surface area contributed by atoms with Crippen LogP contribution in [0.2, 0.25) is 0 Å². The molecule has 2 rings (SSSR count). The van der Waals surface area contributed by atoms with Crippen LogP contribution in [0.1, 0.15) is 15.9 Å². The highest BCUT2D eigenvalue weighted by Crippen LogP contribution is 2.23. The maximum Gasteiger partial charge on any atom is 0.343 e. The predicted octanol–water partition coefficient (Wildman–Crippen LogP) is 2.27. The van der Waals surface area contributed by atoms with Gasteiger partial charge >= 0.3 is 5.97 Å². The molecule has 0 radical (unpaired) electrons. The van der Waals surface area contributed by atoms with Crippen LogP contribution in [0.4, 0.5) is 5.69 Å². The molecule has 1 heterocycles. The molecule has 0 aliphatic heterocycles. The number of carboxylic acids is 1. The molecular weight excluding hydrogens is 344 g/mol. The van der Waals surface area contributed by atoms with Crippen molar-refractivity contribution in [1.29, 1.82) is 0 Å². The zero-order valence-corrected chi connectivity index (χ0v) is 12.1. The van der Waals surface area contributed by atoms with E-state index in [4.69, 9.17) is 0 Å². The minimum atomic E-state index is -1.40. The molecule has 0 saturated carbocycles. The highest BCUT2D eigenvalue weighted by molar-refractivity contribution is 9.10. The van der Waals surface area contributed by atoms with Gasteiger partial charge in [0.05, 0.1) is 11.5 Å². The third-order valence-electron chi connectivity index (χ3n) is 2.83. The molecule has 7 nitrogen and oxygen atoms in total. The van der Waals surface area contributed by atoms with Crippen LogP contribution in [0.25, 0.3) is 0 Å². The summed E-state index contributed by atoms with van der Waals surface area (Å²) in [5.74, 6) is -1.40.